The number of benzene rings is 1. The van der Waals surface area contributed by atoms with E-state index in [9.17, 15) is 4.79 Å². The summed E-state index contributed by atoms with van der Waals surface area (Å²) < 4.78 is 4.89. The fourth-order valence-corrected chi connectivity index (χ4v) is 2.84. The number of aromatic nitrogens is 3. The average molecular weight is 305 g/mol. The van der Waals surface area contributed by atoms with E-state index in [4.69, 9.17) is 4.74 Å². The van der Waals surface area contributed by atoms with E-state index in [0.29, 0.717) is 5.16 Å². The first-order valence-corrected chi connectivity index (χ1v) is 7.83. The molecule has 21 heavy (non-hydrogen) atoms. The van der Waals surface area contributed by atoms with E-state index < -0.39 is 5.25 Å². The third kappa shape index (κ3) is 4.32. The summed E-state index contributed by atoms with van der Waals surface area (Å²) in [6, 6.07) is 9.52. The first-order valence-electron chi connectivity index (χ1n) is 6.95. The lowest BCUT2D eigenvalue weighted by molar-refractivity contribution is -0.140. The van der Waals surface area contributed by atoms with Crippen molar-refractivity contribution in [2.75, 3.05) is 7.11 Å². The standard InChI is InChI=1S/C15H19N3O2S/c1-3-4-10-12-16-15(18-17-12)21-13(14(19)20-2)11-8-6-5-7-9-11/h5-9,13H,3-4,10H2,1-2H3,(H,16,17,18). The second-order valence-corrected chi connectivity index (χ2v) is 5.67. The van der Waals surface area contributed by atoms with E-state index in [2.05, 4.69) is 22.1 Å². The van der Waals surface area contributed by atoms with Gasteiger partial charge in [-0.05, 0) is 12.0 Å². The molecule has 5 nitrogen and oxygen atoms in total. The molecule has 0 fully saturated rings. The fourth-order valence-electron chi connectivity index (χ4n) is 1.88. The Balaban J connectivity index is 2.12. The maximum absolute atomic E-state index is 12.0. The lowest BCUT2D eigenvalue weighted by Crippen LogP contribution is -2.11. The molecule has 6 heteroatoms. The van der Waals surface area contributed by atoms with Gasteiger partial charge < -0.3 is 4.74 Å². The highest BCUT2D eigenvalue weighted by molar-refractivity contribution is 8.00. The minimum Gasteiger partial charge on any atom is -0.468 e. The molecule has 1 aromatic carbocycles. The van der Waals surface area contributed by atoms with Crippen LogP contribution < -0.4 is 0 Å². The average Bonchev–Trinajstić information content (AvgIpc) is 2.98. The Hall–Kier alpha value is -1.82. The molecule has 0 saturated carbocycles. The Kier molecular flexibility index (Phi) is 5.80. The van der Waals surface area contributed by atoms with Gasteiger partial charge in [-0.3, -0.25) is 9.89 Å². The SMILES string of the molecule is CCCCc1nc(SC(C(=O)OC)c2ccccc2)n[nH]1. The number of nitrogens with one attached hydrogen (secondary N) is 1. The molecule has 2 aromatic rings. The molecule has 1 unspecified atom stereocenters. The van der Waals surface area contributed by atoms with Gasteiger partial charge >= 0.3 is 5.97 Å². The molecule has 0 bridgehead atoms. The van der Waals surface area contributed by atoms with Crippen LogP contribution in [0.15, 0.2) is 35.5 Å². The summed E-state index contributed by atoms with van der Waals surface area (Å²) in [5, 5.41) is 7.21. The highest BCUT2D eigenvalue weighted by atomic mass is 32.2. The first-order chi connectivity index (χ1) is 10.2. The van der Waals surface area contributed by atoms with Gasteiger partial charge in [0, 0.05) is 6.42 Å². The number of carbonyl (C=O) groups is 1. The third-order valence-electron chi connectivity index (χ3n) is 3.02. The summed E-state index contributed by atoms with van der Waals surface area (Å²) in [6.45, 7) is 2.13. The number of methoxy groups -OCH3 is 1. The van der Waals surface area contributed by atoms with Gasteiger partial charge in [-0.15, -0.1) is 5.10 Å². The Bertz CT molecular complexity index is 571. The summed E-state index contributed by atoms with van der Waals surface area (Å²) in [4.78, 5) is 16.4. The monoisotopic (exact) mass is 305 g/mol. The van der Waals surface area contributed by atoms with Crippen LogP contribution in [0.5, 0.6) is 0 Å². The summed E-state index contributed by atoms with van der Waals surface area (Å²) in [6.07, 6.45) is 3.05. The Morgan fingerprint density at radius 3 is 2.81 bits per heavy atom. The van der Waals surface area contributed by atoms with Crippen molar-refractivity contribution in [2.45, 2.75) is 36.6 Å². The maximum atomic E-state index is 12.0. The molecule has 0 saturated heterocycles. The van der Waals surface area contributed by atoms with Crippen LogP contribution >= 0.6 is 11.8 Å². The summed E-state index contributed by atoms with van der Waals surface area (Å²) in [7, 11) is 1.39. The third-order valence-corrected chi connectivity index (χ3v) is 4.11. The van der Waals surface area contributed by atoms with Crippen LogP contribution in [0.1, 0.15) is 36.4 Å². The number of aromatic amines is 1. The van der Waals surface area contributed by atoms with Crippen LogP contribution in [0.3, 0.4) is 0 Å². The Morgan fingerprint density at radius 2 is 2.14 bits per heavy atom. The number of unbranched alkanes of at least 4 members (excludes halogenated alkanes) is 1. The molecule has 1 aromatic heterocycles. The molecular weight excluding hydrogens is 286 g/mol. The summed E-state index contributed by atoms with van der Waals surface area (Å²) in [5.41, 5.74) is 0.884. The molecule has 1 N–H and O–H groups in total. The van der Waals surface area contributed by atoms with Gasteiger partial charge in [-0.2, -0.15) is 0 Å². The molecule has 0 aliphatic carbocycles. The van der Waals surface area contributed by atoms with Crippen molar-refractivity contribution in [1.29, 1.82) is 0 Å². The van der Waals surface area contributed by atoms with E-state index in [0.717, 1.165) is 30.7 Å². The van der Waals surface area contributed by atoms with E-state index in [1.165, 1.54) is 18.9 Å². The second-order valence-electron chi connectivity index (χ2n) is 4.60. The smallest absolute Gasteiger partial charge is 0.323 e. The summed E-state index contributed by atoms with van der Waals surface area (Å²) >= 11 is 1.30. The van der Waals surface area contributed by atoms with Crippen molar-refractivity contribution in [2.24, 2.45) is 0 Å². The molecule has 1 atom stereocenters. The van der Waals surface area contributed by atoms with Crippen molar-refractivity contribution in [3.05, 3.63) is 41.7 Å². The second kappa shape index (κ2) is 7.83. The number of esters is 1. The van der Waals surface area contributed by atoms with Gasteiger partial charge in [0.25, 0.3) is 0 Å². The van der Waals surface area contributed by atoms with Crippen molar-refractivity contribution in [1.82, 2.24) is 15.2 Å². The lowest BCUT2D eigenvalue weighted by Gasteiger charge is -2.12. The van der Waals surface area contributed by atoms with Gasteiger partial charge in [-0.25, -0.2) is 4.98 Å². The number of carbonyl (C=O) groups excluding carboxylic acids is 1. The first kappa shape index (κ1) is 15.6. The molecular formula is C15H19N3O2S. The van der Waals surface area contributed by atoms with E-state index in [1.54, 1.807) is 0 Å². The number of thioether (sulfide) groups is 1. The Labute approximate surface area is 128 Å². The van der Waals surface area contributed by atoms with E-state index >= 15 is 0 Å². The van der Waals surface area contributed by atoms with Crippen LogP contribution in [-0.4, -0.2) is 28.3 Å². The minimum absolute atomic E-state index is 0.300. The molecule has 1 heterocycles. The number of ether oxygens (including phenoxy) is 1. The zero-order valence-corrected chi connectivity index (χ0v) is 13.0. The van der Waals surface area contributed by atoms with Gasteiger partial charge in [0.1, 0.15) is 11.1 Å². The largest absolute Gasteiger partial charge is 0.468 e. The van der Waals surface area contributed by atoms with E-state index in [-0.39, 0.29) is 5.97 Å². The summed E-state index contributed by atoms with van der Waals surface area (Å²) in [5.74, 6) is 0.558. The number of nitrogens with zero attached hydrogens (tertiary/aromatic N) is 2. The van der Waals surface area contributed by atoms with Crippen molar-refractivity contribution < 1.29 is 9.53 Å². The van der Waals surface area contributed by atoms with Gasteiger partial charge in [0.05, 0.1) is 7.11 Å². The van der Waals surface area contributed by atoms with Gasteiger partial charge in [0.2, 0.25) is 5.16 Å². The van der Waals surface area contributed by atoms with E-state index in [1.807, 2.05) is 30.3 Å². The number of hydrogen-bond donors (Lipinski definition) is 1. The molecule has 0 radical (unpaired) electrons. The predicted molar refractivity (Wildman–Crippen MR) is 82.1 cm³/mol. The minimum atomic E-state index is -0.453. The quantitative estimate of drug-likeness (QED) is 0.628. The fraction of sp³-hybridized carbons (Fsp3) is 0.400. The molecule has 0 amide bonds. The molecule has 0 aliphatic rings. The normalized spacial score (nSPS) is 12.1. The van der Waals surface area contributed by atoms with Crippen molar-refractivity contribution in [3.8, 4) is 0 Å². The van der Waals surface area contributed by atoms with Gasteiger partial charge in [-0.1, -0.05) is 55.4 Å². The number of H-pyrrole nitrogens is 1. The number of aryl methyl sites for hydroxylation is 1. The molecule has 112 valence electrons. The predicted octanol–water partition coefficient (Wildman–Crippen LogP) is 3.15. The number of rotatable bonds is 7. The van der Waals surface area contributed by atoms with Crippen molar-refractivity contribution in [3.63, 3.8) is 0 Å². The molecule has 0 spiro atoms. The maximum Gasteiger partial charge on any atom is 0.323 e. The van der Waals surface area contributed by atoms with Crippen molar-refractivity contribution >= 4 is 17.7 Å². The van der Waals surface area contributed by atoms with Crippen LogP contribution in [0.4, 0.5) is 0 Å². The number of hydrogen-bond acceptors (Lipinski definition) is 5. The molecule has 0 aliphatic heterocycles. The zero-order valence-electron chi connectivity index (χ0n) is 12.2. The van der Waals surface area contributed by atoms with Gasteiger partial charge in [0.15, 0.2) is 0 Å². The van der Waals surface area contributed by atoms with Crippen LogP contribution in [0.25, 0.3) is 0 Å². The van der Waals surface area contributed by atoms with Crippen LogP contribution in [-0.2, 0) is 16.0 Å². The molecule has 2 rings (SSSR count). The van der Waals surface area contributed by atoms with Crippen LogP contribution in [0.2, 0.25) is 0 Å². The Morgan fingerprint density at radius 1 is 1.38 bits per heavy atom. The topological polar surface area (TPSA) is 67.9 Å². The lowest BCUT2D eigenvalue weighted by atomic mass is 10.1. The highest BCUT2D eigenvalue weighted by Gasteiger charge is 2.24. The van der Waals surface area contributed by atoms with Crippen LogP contribution in [0, 0.1) is 0 Å². The zero-order chi connectivity index (χ0) is 15.1. The highest BCUT2D eigenvalue weighted by Crippen LogP contribution is 2.34.